The zero-order chi connectivity index (χ0) is 11.1. The second-order valence-electron chi connectivity index (χ2n) is 2.82. The maximum absolute atomic E-state index is 10.7. The van der Waals surface area contributed by atoms with Gasteiger partial charge in [0, 0.05) is 11.8 Å². The third-order valence-corrected chi connectivity index (χ3v) is 1.82. The molecular weight excluding hydrogens is 204 g/mol. The van der Waals surface area contributed by atoms with E-state index in [1.165, 1.54) is 0 Å². The molecular formula is C7H16N4O2S. The van der Waals surface area contributed by atoms with Crippen molar-refractivity contribution in [2.24, 2.45) is 16.5 Å². The second kappa shape index (κ2) is 6.50. The number of carboxylic acids is 1. The molecule has 14 heavy (non-hydrogen) atoms. The average Bonchev–Trinajstić information content (AvgIpc) is 2.01. The summed E-state index contributed by atoms with van der Waals surface area (Å²) >= 11 is 4.05. The van der Waals surface area contributed by atoms with Gasteiger partial charge in [0.05, 0.1) is 6.54 Å². The van der Waals surface area contributed by atoms with Crippen molar-refractivity contribution in [3.05, 3.63) is 0 Å². The fourth-order valence-corrected chi connectivity index (χ4v) is 1.10. The normalized spacial score (nSPS) is 14.4. The van der Waals surface area contributed by atoms with Crippen molar-refractivity contribution in [2.45, 2.75) is 18.2 Å². The van der Waals surface area contributed by atoms with Gasteiger partial charge in [-0.25, -0.2) is 0 Å². The molecule has 0 radical (unpaired) electrons. The molecule has 1 unspecified atom stereocenters. The van der Waals surface area contributed by atoms with E-state index >= 15 is 0 Å². The Morgan fingerprint density at radius 3 is 2.57 bits per heavy atom. The van der Waals surface area contributed by atoms with Crippen molar-refractivity contribution in [1.82, 2.24) is 5.32 Å². The first-order valence-corrected chi connectivity index (χ1v) is 4.66. The lowest BCUT2D eigenvalue weighted by atomic mass is 10.2. The standard InChI is InChI=1S/C7H16N4O2S/c1-4(14)5(6(12)13)10-2-3-11-7(8)9/h4-5,10,14H,2-3H2,1H3,(H,12,13)(H4,8,9,11)/t4?,5-/m0/s1. The summed E-state index contributed by atoms with van der Waals surface area (Å²) < 4.78 is 0. The van der Waals surface area contributed by atoms with Crippen LogP contribution in [0.15, 0.2) is 4.99 Å². The first-order valence-electron chi connectivity index (χ1n) is 4.14. The molecule has 0 aliphatic rings. The zero-order valence-corrected chi connectivity index (χ0v) is 8.87. The number of aliphatic carboxylic acids is 1. The minimum Gasteiger partial charge on any atom is -0.480 e. The quantitative estimate of drug-likeness (QED) is 0.164. The minimum atomic E-state index is -0.933. The van der Waals surface area contributed by atoms with E-state index in [0.29, 0.717) is 13.1 Å². The van der Waals surface area contributed by atoms with Crippen LogP contribution in [0.2, 0.25) is 0 Å². The lowest BCUT2D eigenvalue weighted by Gasteiger charge is -2.16. The maximum atomic E-state index is 10.7. The number of thiol groups is 1. The summed E-state index contributed by atoms with van der Waals surface area (Å²) in [7, 11) is 0. The summed E-state index contributed by atoms with van der Waals surface area (Å²) in [6.07, 6.45) is 0. The molecule has 0 rings (SSSR count). The lowest BCUT2D eigenvalue weighted by Crippen LogP contribution is -2.43. The largest absolute Gasteiger partial charge is 0.480 e. The number of carboxylic acid groups (broad SMARTS) is 1. The molecule has 2 atom stereocenters. The van der Waals surface area contributed by atoms with Gasteiger partial charge < -0.3 is 21.9 Å². The van der Waals surface area contributed by atoms with Crippen LogP contribution in [0, 0.1) is 0 Å². The highest BCUT2D eigenvalue weighted by Crippen LogP contribution is 2.00. The van der Waals surface area contributed by atoms with E-state index in [-0.39, 0.29) is 11.2 Å². The Hall–Kier alpha value is -0.950. The zero-order valence-electron chi connectivity index (χ0n) is 7.97. The highest BCUT2D eigenvalue weighted by atomic mass is 32.1. The van der Waals surface area contributed by atoms with Gasteiger partial charge in [-0.05, 0) is 0 Å². The lowest BCUT2D eigenvalue weighted by molar-refractivity contribution is -0.139. The van der Waals surface area contributed by atoms with Crippen LogP contribution in [0.3, 0.4) is 0 Å². The SMILES string of the molecule is CC(S)[C@H](NCCN=C(N)N)C(=O)O. The summed E-state index contributed by atoms with van der Waals surface area (Å²) in [6.45, 7) is 2.46. The molecule has 0 fully saturated rings. The Balaban J connectivity index is 3.84. The van der Waals surface area contributed by atoms with Crippen LogP contribution in [0.25, 0.3) is 0 Å². The van der Waals surface area contributed by atoms with E-state index in [9.17, 15) is 4.79 Å². The first kappa shape index (κ1) is 13.1. The Kier molecular flexibility index (Phi) is 6.06. The van der Waals surface area contributed by atoms with Crippen molar-refractivity contribution in [1.29, 1.82) is 0 Å². The molecule has 0 saturated heterocycles. The Morgan fingerprint density at radius 2 is 2.21 bits per heavy atom. The molecule has 0 bridgehead atoms. The van der Waals surface area contributed by atoms with Crippen LogP contribution >= 0.6 is 12.6 Å². The number of rotatable bonds is 6. The molecule has 0 aromatic heterocycles. The van der Waals surface area contributed by atoms with Gasteiger partial charge in [0.25, 0.3) is 0 Å². The minimum absolute atomic E-state index is 0.00223. The van der Waals surface area contributed by atoms with Crippen LogP contribution < -0.4 is 16.8 Å². The number of nitrogens with one attached hydrogen (secondary N) is 1. The van der Waals surface area contributed by atoms with Gasteiger partial charge >= 0.3 is 5.97 Å². The fourth-order valence-electron chi connectivity index (χ4n) is 0.869. The molecule has 0 aliphatic heterocycles. The van der Waals surface area contributed by atoms with Gasteiger partial charge in [-0.2, -0.15) is 12.6 Å². The number of nitrogens with zero attached hydrogens (tertiary/aromatic N) is 1. The number of guanidine groups is 1. The first-order chi connectivity index (χ1) is 6.45. The Bertz CT molecular complexity index is 216. The van der Waals surface area contributed by atoms with Crippen LogP contribution in [0.4, 0.5) is 0 Å². The molecule has 82 valence electrons. The van der Waals surface area contributed by atoms with E-state index < -0.39 is 12.0 Å². The molecule has 0 spiro atoms. The van der Waals surface area contributed by atoms with Crippen LogP contribution in [-0.2, 0) is 4.79 Å². The predicted molar refractivity (Wildman–Crippen MR) is 58.6 cm³/mol. The van der Waals surface area contributed by atoms with Crippen molar-refractivity contribution in [3.8, 4) is 0 Å². The summed E-state index contributed by atoms with van der Waals surface area (Å²) in [4.78, 5) is 14.4. The predicted octanol–water partition coefficient (Wildman–Crippen LogP) is -1.38. The summed E-state index contributed by atoms with van der Waals surface area (Å²) in [6, 6.07) is -0.687. The second-order valence-corrected chi connectivity index (χ2v) is 3.63. The topological polar surface area (TPSA) is 114 Å². The number of hydrogen-bond acceptors (Lipinski definition) is 4. The monoisotopic (exact) mass is 220 g/mol. The van der Waals surface area contributed by atoms with Crippen LogP contribution in [0.1, 0.15) is 6.92 Å². The fraction of sp³-hybridized carbons (Fsp3) is 0.714. The van der Waals surface area contributed by atoms with Crippen molar-refractivity contribution in [2.75, 3.05) is 13.1 Å². The highest BCUT2D eigenvalue weighted by molar-refractivity contribution is 7.81. The summed E-state index contributed by atoms with van der Waals surface area (Å²) in [5.41, 5.74) is 10.2. The number of aliphatic imine (C=N–C) groups is 1. The third-order valence-electron chi connectivity index (χ3n) is 1.52. The van der Waals surface area contributed by atoms with Crippen molar-refractivity contribution < 1.29 is 9.90 Å². The van der Waals surface area contributed by atoms with E-state index in [1.807, 2.05) is 0 Å². The van der Waals surface area contributed by atoms with E-state index in [2.05, 4.69) is 22.9 Å². The van der Waals surface area contributed by atoms with Gasteiger partial charge in [0.2, 0.25) is 0 Å². The third kappa shape index (κ3) is 5.65. The summed E-state index contributed by atoms with van der Waals surface area (Å²) in [5, 5.41) is 11.3. The molecule has 0 aromatic rings. The van der Waals surface area contributed by atoms with Gasteiger partial charge in [0.15, 0.2) is 5.96 Å². The highest BCUT2D eigenvalue weighted by Gasteiger charge is 2.20. The molecule has 6 N–H and O–H groups in total. The summed E-state index contributed by atoms with van der Waals surface area (Å²) in [5.74, 6) is -0.935. The van der Waals surface area contributed by atoms with Crippen LogP contribution in [0.5, 0.6) is 0 Å². The van der Waals surface area contributed by atoms with Crippen molar-refractivity contribution in [3.63, 3.8) is 0 Å². The number of nitrogens with two attached hydrogens (primary N) is 2. The average molecular weight is 220 g/mol. The number of hydrogen-bond donors (Lipinski definition) is 5. The molecule has 0 saturated carbocycles. The molecule has 7 heteroatoms. The van der Waals surface area contributed by atoms with Gasteiger partial charge in [0.1, 0.15) is 6.04 Å². The molecule has 6 nitrogen and oxygen atoms in total. The molecule has 0 aromatic carbocycles. The van der Waals surface area contributed by atoms with E-state index in [0.717, 1.165) is 0 Å². The Morgan fingerprint density at radius 1 is 1.64 bits per heavy atom. The van der Waals surface area contributed by atoms with Gasteiger partial charge in [-0.3, -0.25) is 9.79 Å². The number of carbonyl (C=O) groups is 1. The van der Waals surface area contributed by atoms with Crippen LogP contribution in [-0.4, -0.2) is 41.4 Å². The maximum Gasteiger partial charge on any atom is 0.321 e. The van der Waals surface area contributed by atoms with E-state index in [1.54, 1.807) is 6.92 Å². The molecule has 0 aliphatic carbocycles. The van der Waals surface area contributed by atoms with Gasteiger partial charge in [-0.1, -0.05) is 6.92 Å². The molecule has 0 heterocycles. The van der Waals surface area contributed by atoms with Crippen molar-refractivity contribution >= 4 is 24.6 Å². The van der Waals surface area contributed by atoms with E-state index in [4.69, 9.17) is 16.6 Å². The Labute approximate surface area is 88.2 Å². The van der Waals surface area contributed by atoms with Gasteiger partial charge in [-0.15, -0.1) is 0 Å². The smallest absolute Gasteiger partial charge is 0.321 e. The molecule has 0 amide bonds.